The van der Waals surface area contributed by atoms with Gasteiger partial charge in [-0.2, -0.15) is 0 Å². The van der Waals surface area contributed by atoms with Crippen LogP contribution in [0.15, 0.2) is 67.5 Å². The van der Waals surface area contributed by atoms with Gasteiger partial charge in [0.05, 0.1) is 17.9 Å². The van der Waals surface area contributed by atoms with Crippen LogP contribution in [0.3, 0.4) is 0 Å². The van der Waals surface area contributed by atoms with Crippen molar-refractivity contribution in [3.05, 3.63) is 73.0 Å². The summed E-state index contributed by atoms with van der Waals surface area (Å²) in [5.74, 6) is 2.11. The van der Waals surface area contributed by atoms with Crippen LogP contribution in [0.5, 0.6) is 0 Å². The number of nitrogens with zero attached hydrogens (tertiary/aromatic N) is 1. The third kappa shape index (κ3) is 9.47. The number of allylic oxidation sites excluding steroid dienone is 4. The van der Waals surface area contributed by atoms with Crippen molar-refractivity contribution in [2.24, 2.45) is 11.3 Å². The molecule has 1 amide bonds. The van der Waals surface area contributed by atoms with Gasteiger partial charge in [-0.15, -0.1) is 0 Å². The molecule has 2 aliphatic rings. The third-order valence-electron chi connectivity index (χ3n) is 8.20. The van der Waals surface area contributed by atoms with E-state index in [0.29, 0.717) is 17.9 Å². The van der Waals surface area contributed by atoms with Crippen LogP contribution in [0.4, 0.5) is 0 Å². The van der Waals surface area contributed by atoms with Gasteiger partial charge in [0.2, 0.25) is 5.91 Å². The molecule has 1 saturated carbocycles. The van der Waals surface area contributed by atoms with Crippen molar-refractivity contribution in [3.8, 4) is 0 Å². The number of hydrogen-bond acceptors (Lipinski definition) is 2. The molecule has 1 aromatic rings. The smallest absolute Gasteiger partial charge is 0.229 e. The molecular weight excluding hydrogens is 466 g/mol. The van der Waals surface area contributed by atoms with E-state index in [1.807, 2.05) is 13.8 Å². The molecule has 214 valence electrons. The van der Waals surface area contributed by atoms with Gasteiger partial charge in [0.25, 0.3) is 0 Å². The first-order chi connectivity index (χ1) is 18.3. The fourth-order valence-corrected chi connectivity index (χ4v) is 5.66. The van der Waals surface area contributed by atoms with E-state index in [0.717, 1.165) is 64.2 Å². The normalized spacial score (nSPS) is 25.7. The van der Waals surface area contributed by atoms with Crippen LogP contribution in [0.25, 0.3) is 0 Å². The van der Waals surface area contributed by atoms with Crippen molar-refractivity contribution in [1.29, 1.82) is 0 Å². The highest BCUT2D eigenvalue weighted by Gasteiger charge is 2.47. The lowest BCUT2D eigenvalue weighted by atomic mass is 9.70. The minimum Gasteiger partial charge on any atom is -0.495 e. The first kappa shape index (κ1) is 33.7. The number of hydrogen-bond donors (Lipinski definition) is 0. The zero-order valence-corrected chi connectivity index (χ0v) is 25.7. The van der Waals surface area contributed by atoms with E-state index in [1.54, 1.807) is 12.2 Å². The largest absolute Gasteiger partial charge is 0.495 e. The van der Waals surface area contributed by atoms with E-state index in [9.17, 15) is 4.79 Å². The van der Waals surface area contributed by atoms with Gasteiger partial charge in [0.1, 0.15) is 0 Å². The van der Waals surface area contributed by atoms with Gasteiger partial charge in [-0.25, -0.2) is 0 Å². The number of amides is 1. The Morgan fingerprint density at radius 1 is 1.05 bits per heavy atom. The van der Waals surface area contributed by atoms with E-state index < -0.39 is 0 Å². The Balaban J connectivity index is 0.00000110. The first-order valence-electron chi connectivity index (χ1n) is 15.3. The van der Waals surface area contributed by atoms with Crippen LogP contribution < -0.4 is 0 Å². The fourth-order valence-electron chi connectivity index (χ4n) is 5.66. The van der Waals surface area contributed by atoms with Crippen LogP contribution in [0, 0.1) is 11.3 Å². The summed E-state index contributed by atoms with van der Waals surface area (Å²) in [6.07, 6.45) is 16.1. The lowest BCUT2D eigenvalue weighted by Gasteiger charge is -2.43. The molecule has 3 atom stereocenters. The Bertz CT molecular complexity index is 829. The standard InChI is InChI=1S/C29H45NO2.C4H6.C2H6/c1-6-12-26(21-22(4)7-2)32-25-17-19-29(8-3,20-18-25)28(31)30-23(5)15-16-27(30)24-13-10-9-11-14-24;1-3-4-2;1-2/h9-11,13-14,21-23,25,27H,6-8,12,15-20H2,1-5H3;3-4H,1-2H2;1-2H3/b26-21+;;. The summed E-state index contributed by atoms with van der Waals surface area (Å²) < 4.78 is 6.50. The quantitative estimate of drug-likeness (QED) is 0.225. The zero-order valence-electron chi connectivity index (χ0n) is 25.7. The molecule has 0 spiro atoms. The summed E-state index contributed by atoms with van der Waals surface area (Å²) in [5, 5.41) is 0. The topological polar surface area (TPSA) is 29.5 Å². The Morgan fingerprint density at radius 2 is 1.66 bits per heavy atom. The maximum Gasteiger partial charge on any atom is 0.229 e. The van der Waals surface area contributed by atoms with Crippen molar-refractivity contribution < 1.29 is 9.53 Å². The van der Waals surface area contributed by atoms with Crippen LogP contribution in [-0.4, -0.2) is 23.0 Å². The molecular formula is C35H57NO2. The number of rotatable bonds is 10. The Morgan fingerprint density at radius 3 is 2.16 bits per heavy atom. The molecule has 3 rings (SSSR count). The molecule has 3 heteroatoms. The second-order valence-electron chi connectivity index (χ2n) is 10.8. The van der Waals surface area contributed by atoms with Gasteiger partial charge in [0.15, 0.2) is 0 Å². The van der Waals surface area contributed by atoms with Gasteiger partial charge < -0.3 is 9.64 Å². The second-order valence-corrected chi connectivity index (χ2v) is 10.8. The molecule has 0 bridgehead atoms. The minimum absolute atomic E-state index is 0.225. The number of carbonyl (C=O) groups is 1. The molecule has 0 radical (unpaired) electrons. The monoisotopic (exact) mass is 523 g/mol. The average Bonchev–Trinajstić information content (AvgIpc) is 3.35. The lowest BCUT2D eigenvalue weighted by Crippen LogP contribution is -2.48. The third-order valence-corrected chi connectivity index (χ3v) is 8.20. The number of likely N-dealkylation sites (tertiary alicyclic amines) is 1. The van der Waals surface area contributed by atoms with Crippen LogP contribution >= 0.6 is 0 Å². The Hall–Kier alpha value is -2.29. The van der Waals surface area contributed by atoms with Gasteiger partial charge in [-0.3, -0.25) is 4.79 Å². The summed E-state index contributed by atoms with van der Waals surface area (Å²) in [5.41, 5.74) is 1.06. The SMILES string of the molecule is C=CC=C.CC.CCC/C(=C\C(C)CC)OC1CCC(CC)(C(=O)N2C(C)CCC2c2ccccc2)CC1. The van der Waals surface area contributed by atoms with E-state index in [1.165, 1.54) is 11.3 Å². The highest BCUT2D eigenvalue weighted by atomic mass is 16.5. The van der Waals surface area contributed by atoms with Crippen LogP contribution in [0.2, 0.25) is 0 Å². The molecule has 3 nitrogen and oxygen atoms in total. The molecule has 38 heavy (non-hydrogen) atoms. The molecule has 0 N–H and O–H groups in total. The average molecular weight is 524 g/mol. The van der Waals surface area contributed by atoms with Gasteiger partial charge in [-0.1, -0.05) is 97.2 Å². The summed E-state index contributed by atoms with van der Waals surface area (Å²) >= 11 is 0. The summed E-state index contributed by atoms with van der Waals surface area (Å²) in [6.45, 7) is 21.9. The highest BCUT2D eigenvalue weighted by molar-refractivity contribution is 5.84. The molecule has 2 fully saturated rings. The lowest BCUT2D eigenvalue weighted by molar-refractivity contribution is -0.149. The molecule has 3 unspecified atom stereocenters. The maximum absolute atomic E-state index is 14.0. The van der Waals surface area contributed by atoms with Gasteiger partial charge >= 0.3 is 0 Å². The van der Waals surface area contributed by atoms with Gasteiger partial charge in [-0.05, 0) is 82.3 Å². The van der Waals surface area contributed by atoms with Gasteiger partial charge in [0, 0.05) is 17.9 Å². The number of benzene rings is 1. The fraction of sp³-hybridized carbons (Fsp3) is 0.629. The molecule has 1 heterocycles. The van der Waals surface area contributed by atoms with Crippen molar-refractivity contribution in [2.45, 2.75) is 131 Å². The summed E-state index contributed by atoms with van der Waals surface area (Å²) in [4.78, 5) is 16.3. The number of carbonyl (C=O) groups excluding carboxylic acids is 1. The van der Waals surface area contributed by atoms with E-state index in [-0.39, 0.29) is 17.6 Å². The molecule has 1 aliphatic heterocycles. The van der Waals surface area contributed by atoms with Crippen LogP contribution in [0.1, 0.15) is 124 Å². The highest BCUT2D eigenvalue weighted by Crippen LogP contribution is 2.46. The predicted molar refractivity (Wildman–Crippen MR) is 165 cm³/mol. The van der Waals surface area contributed by atoms with Crippen LogP contribution in [-0.2, 0) is 9.53 Å². The zero-order chi connectivity index (χ0) is 28.6. The summed E-state index contributed by atoms with van der Waals surface area (Å²) in [6, 6.07) is 11.2. The second kappa shape index (κ2) is 18.1. The van der Waals surface area contributed by atoms with E-state index in [4.69, 9.17) is 4.74 Å². The minimum atomic E-state index is -0.225. The molecule has 1 saturated heterocycles. The summed E-state index contributed by atoms with van der Waals surface area (Å²) in [7, 11) is 0. The molecule has 1 aromatic carbocycles. The van der Waals surface area contributed by atoms with Crippen molar-refractivity contribution in [3.63, 3.8) is 0 Å². The predicted octanol–water partition coefficient (Wildman–Crippen LogP) is 10.2. The van der Waals surface area contributed by atoms with E-state index >= 15 is 0 Å². The molecule has 0 aromatic heterocycles. The van der Waals surface area contributed by atoms with Crippen molar-refractivity contribution in [1.82, 2.24) is 4.90 Å². The maximum atomic E-state index is 14.0. The van der Waals surface area contributed by atoms with Crippen molar-refractivity contribution >= 4 is 5.91 Å². The Kier molecular flexibility index (Phi) is 16.1. The number of ether oxygens (including phenoxy) is 1. The Labute approximate surface area is 235 Å². The van der Waals surface area contributed by atoms with E-state index in [2.05, 4.69) is 89.1 Å². The van der Waals surface area contributed by atoms with Crippen molar-refractivity contribution in [2.75, 3.05) is 0 Å². The first-order valence-corrected chi connectivity index (χ1v) is 15.3. The molecule has 1 aliphatic carbocycles.